The molecule has 0 unspecified atom stereocenters. The molecule has 0 saturated carbocycles. The van der Waals surface area contributed by atoms with Crippen LogP contribution in [0.4, 0.5) is 5.69 Å². The Morgan fingerprint density at radius 2 is 1.60 bits per heavy atom. The SMILES string of the molecule is CC[C@@H](C)NC(=O)[C@H](C)N(CCc1ccccc1)C(=O)CN(c1ccc(C)c(Cl)c1)S(=O)(=O)c1ccc(C)cc1. The van der Waals surface area contributed by atoms with E-state index < -0.39 is 28.5 Å². The second kappa shape index (κ2) is 13.8. The number of carbonyl (C=O) groups is 2. The van der Waals surface area contributed by atoms with E-state index in [0.29, 0.717) is 11.4 Å². The lowest BCUT2D eigenvalue weighted by Gasteiger charge is -2.32. The van der Waals surface area contributed by atoms with E-state index in [-0.39, 0.29) is 29.1 Å². The normalized spacial score (nSPS) is 12.8. The highest BCUT2D eigenvalue weighted by Crippen LogP contribution is 2.28. The van der Waals surface area contributed by atoms with E-state index in [4.69, 9.17) is 11.6 Å². The molecule has 9 heteroatoms. The summed E-state index contributed by atoms with van der Waals surface area (Å²) in [5.74, 6) is -0.780. The summed E-state index contributed by atoms with van der Waals surface area (Å²) >= 11 is 6.38. The number of anilines is 1. The Morgan fingerprint density at radius 1 is 0.950 bits per heavy atom. The topological polar surface area (TPSA) is 86.8 Å². The van der Waals surface area contributed by atoms with E-state index in [0.717, 1.165) is 27.4 Å². The number of benzene rings is 3. The first-order valence-corrected chi connectivity index (χ1v) is 15.2. The van der Waals surface area contributed by atoms with Crippen LogP contribution in [-0.2, 0) is 26.0 Å². The van der Waals surface area contributed by atoms with Gasteiger partial charge >= 0.3 is 0 Å². The van der Waals surface area contributed by atoms with Gasteiger partial charge in [-0.1, -0.05) is 72.6 Å². The molecule has 7 nitrogen and oxygen atoms in total. The summed E-state index contributed by atoms with van der Waals surface area (Å²) in [5.41, 5.74) is 2.96. The summed E-state index contributed by atoms with van der Waals surface area (Å²) in [6, 6.07) is 20.1. The molecule has 0 heterocycles. The van der Waals surface area contributed by atoms with E-state index in [1.54, 1.807) is 37.3 Å². The van der Waals surface area contributed by atoms with Crippen LogP contribution in [0.25, 0.3) is 0 Å². The Kier molecular flexibility index (Phi) is 10.8. The Morgan fingerprint density at radius 3 is 2.20 bits per heavy atom. The predicted molar refractivity (Wildman–Crippen MR) is 161 cm³/mol. The van der Waals surface area contributed by atoms with Gasteiger partial charge in [-0.15, -0.1) is 0 Å². The van der Waals surface area contributed by atoms with Crippen molar-refractivity contribution in [3.63, 3.8) is 0 Å². The van der Waals surface area contributed by atoms with Crippen molar-refractivity contribution in [1.82, 2.24) is 10.2 Å². The van der Waals surface area contributed by atoms with Gasteiger partial charge in [0, 0.05) is 17.6 Å². The lowest BCUT2D eigenvalue weighted by atomic mass is 10.1. The highest BCUT2D eigenvalue weighted by Gasteiger charge is 2.32. The zero-order valence-electron chi connectivity index (χ0n) is 23.7. The van der Waals surface area contributed by atoms with Gasteiger partial charge in [-0.25, -0.2) is 8.42 Å². The molecule has 0 fully saturated rings. The van der Waals surface area contributed by atoms with Gasteiger partial charge in [-0.05, 0) is 75.9 Å². The van der Waals surface area contributed by atoms with Gasteiger partial charge in [-0.2, -0.15) is 0 Å². The average Bonchev–Trinajstić information content (AvgIpc) is 2.93. The lowest BCUT2D eigenvalue weighted by Crippen LogP contribution is -2.53. The number of aryl methyl sites for hydroxylation is 2. The zero-order chi connectivity index (χ0) is 29.4. The number of amides is 2. The minimum Gasteiger partial charge on any atom is -0.352 e. The largest absolute Gasteiger partial charge is 0.352 e. The Bertz CT molecular complexity index is 1410. The van der Waals surface area contributed by atoms with Gasteiger partial charge in [0.1, 0.15) is 12.6 Å². The van der Waals surface area contributed by atoms with Crippen molar-refractivity contribution in [1.29, 1.82) is 0 Å². The molecular formula is C31H38ClN3O4S. The first kappa shape index (κ1) is 31.2. The third-order valence-electron chi connectivity index (χ3n) is 6.98. The van der Waals surface area contributed by atoms with Gasteiger partial charge in [0.05, 0.1) is 10.6 Å². The number of rotatable bonds is 12. The highest BCUT2D eigenvalue weighted by atomic mass is 35.5. The number of nitrogens with one attached hydrogen (secondary N) is 1. The number of hydrogen-bond donors (Lipinski definition) is 1. The molecule has 0 spiro atoms. The molecule has 0 saturated heterocycles. The number of hydrogen-bond acceptors (Lipinski definition) is 4. The van der Waals surface area contributed by atoms with Crippen molar-refractivity contribution >= 4 is 39.1 Å². The van der Waals surface area contributed by atoms with E-state index in [1.165, 1.54) is 17.0 Å². The Balaban J connectivity index is 2.00. The van der Waals surface area contributed by atoms with E-state index in [2.05, 4.69) is 5.32 Å². The third-order valence-corrected chi connectivity index (χ3v) is 9.18. The van der Waals surface area contributed by atoms with Crippen molar-refractivity contribution in [2.24, 2.45) is 0 Å². The summed E-state index contributed by atoms with van der Waals surface area (Å²) in [4.78, 5) is 28.6. The third kappa shape index (κ3) is 7.86. The number of sulfonamides is 1. The van der Waals surface area contributed by atoms with Gasteiger partial charge in [0.2, 0.25) is 11.8 Å². The van der Waals surface area contributed by atoms with Gasteiger partial charge < -0.3 is 10.2 Å². The molecule has 3 aromatic carbocycles. The summed E-state index contributed by atoms with van der Waals surface area (Å²) < 4.78 is 28.9. The molecule has 0 bridgehead atoms. The maximum Gasteiger partial charge on any atom is 0.264 e. The van der Waals surface area contributed by atoms with E-state index in [1.807, 2.05) is 58.0 Å². The van der Waals surface area contributed by atoms with Crippen molar-refractivity contribution in [2.75, 3.05) is 17.4 Å². The quantitative estimate of drug-likeness (QED) is 0.304. The van der Waals surface area contributed by atoms with Crippen LogP contribution in [0.5, 0.6) is 0 Å². The van der Waals surface area contributed by atoms with Crippen LogP contribution < -0.4 is 9.62 Å². The molecule has 2 atom stereocenters. The van der Waals surface area contributed by atoms with Crippen LogP contribution in [0.3, 0.4) is 0 Å². The van der Waals surface area contributed by atoms with Gasteiger partial charge in [0.15, 0.2) is 0 Å². The Labute approximate surface area is 243 Å². The second-order valence-electron chi connectivity index (χ2n) is 10.1. The van der Waals surface area contributed by atoms with E-state index >= 15 is 0 Å². The van der Waals surface area contributed by atoms with Crippen LogP contribution >= 0.6 is 11.6 Å². The van der Waals surface area contributed by atoms with Crippen LogP contribution in [-0.4, -0.2) is 50.3 Å². The first-order valence-electron chi connectivity index (χ1n) is 13.4. The second-order valence-corrected chi connectivity index (χ2v) is 12.3. The molecule has 2 amide bonds. The predicted octanol–water partition coefficient (Wildman–Crippen LogP) is 5.53. The summed E-state index contributed by atoms with van der Waals surface area (Å²) in [6.45, 7) is 8.97. The summed E-state index contributed by atoms with van der Waals surface area (Å²) in [6.07, 6.45) is 1.25. The van der Waals surface area contributed by atoms with Crippen LogP contribution in [0, 0.1) is 13.8 Å². The average molecular weight is 584 g/mol. The first-order chi connectivity index (χ1) is 18.9. The number of carbonyl (C=O) groups excluding carboxylic acids is 2. The molecule has 0 aliphatic rings. The van der Waals surface area contributed by atoms with Crippen molar-refractivity contribution < 1.29 is 18.0 Å². The maximum absolute atomic E-state index is 13.9. The van der Waals surface area contributed by atoms with Crippen LogP contribution in [0.15, 0.2) is 77.7 Å². The van der Waals surface area contributed by atoms with Gasteiger partial charge in [-0.3, -0.25) is 13.9 Å². The van der Waals surface area contributed by atoms with Crippen molar-refractivity contribution in [2.45, 2.75) is 64.4 Å². The molecular weight excluding hydrogens is 546 g/mol. The lowest BCUT2D eigenvalue weighted by molar-refractivity contribution is -0.139. The molecule has 40 heavy (non-hydrogen) atoms. The highest BCUT2D eigenvalue weighted by molar-refractivity contribution is 7.92. The minimum absolute atomic E-state index is 0.0565. The molecule has 0 aliphatic carbocycles. The molecule has 1 N–H and O–H groups in total. The molecule has 214 valence electrons. The Hall–Kier alpha value is -3.36. The maximum atomic E-state index is 13.9. The van der Waals surface area contributed by atoms with Crippen LogP contribution in [0.1, 0.15) is 43.9 Å². The molecule has 0 aliphatic heterocycles. The molecule has 0 radical (unpaired) electrons. The fourth-order valence-electron chi connectivity index (χ4n) is 4.14. The van der Waals surface area contributed by atoms with Gasteiger partial charge in [0.25, 0.3) is 10.0 Å². The standard InChI is InChI=1S/C31H38ClN3O4S/c1-6-24(4)33-31(37)25(5)34(19-18-26-10-8-7-9-11-26)30(36)21-35(27-15-14-23(3)29(32)20-27)40(38,39)28-16-12-22(2)13-17-28/h7-17,20,24-25H,6,18-19,21H2,1-5H3,(H,33,37)/t24-,25+/m1/s1. The van der Waals surface area contributed by atoms with Crippen molar-refractivity contribution in [3.05, 3.63) is 94.5 Å². The van der Waals surface area contributed by atoms with Crippen LogP contribution in [0.2, 0.25) is 5.02 Å². The summed E-state index contributed by atoms with van der Waals surface area (Å²) in [7, 11) is -4.14. The summed E-state index contributed by atoms with van der Waals surface area (Å²) in [5, 5.41) is 3.33. The monoisotopic (exact) mass is 583 g/mol. The fourth-order valence-corrected chi connectivity index (χ4v) is 5.72. The molecule has 0 aromatic heterocycles. The number of nitrogens with zero attached hydrogens (tertiary/aromatic N) is 2. The molecule has 3 rings (SSSR count). The van der Waals surface area contributed by atoms with E-state index in [9.17, 15) is 18.0 Å². The minimum atomic E-state index is -4.14. The molecule has 3 aromatic rings. The fraction of sp³-hybridized carbons (Fsp3) is 0.355. The smallest absolute Gasteiger partial charge is 0.264 e. The number of halogens is 1. The van der Waals surface area contributed by atoms with Crippen molar-refractivity contribution in [3.8, 4) is 0 Å². The zero-order valence-corrected chi connectivity index (χ0v) is 25.3.